The predicted octanol–water partition coefficient (Wildman–Crippen LogP) is 1.26. The summed E-state index contributed by atoms with van der Waals surface area (Å²) >= 11 is 5.42. The van der Waals surface area contributed by atoms with E-state index in [2.05, 4.69) is 15.6 Å². The smallest absolute Gasteiger partial charge is 0.263 e. The van der Waals surface area contributed by atoms with Crippen molar-refractivity contribution in [3.05, 3.63) is 36.2 Å². The van der Waals surface area contributed by atoms with Gasteiger partial charge in [-0.25, -0.2) is 4.98 Å². The summed E-state index contributed by atoms with van der Waals surface area (Å²) in [5.41, 5.74) is -0.0271. The van der Waals surface area contributed by atoms with Crippen molar-refractivity contribution in [1.29, 1.82) is 5.26 Å². The van der Waals surface area contributed by atoms with Gasteiger partial charge >= 0.3 is 0 Å². The van der Waals surface area contributed by atoms with Crippen LogP contribution in [0.2, 0.25) is 0 Å². The zero-order valence-electron chi connectivity index (χ0n) is 8.98. The summed E-state index contributed by atoms with van der Waals surface area (Å²) in [5, 5.41) is 14.1. The zero-order chi connectivity index (χ0) is 12.5. The quantitative estimate of drug-likeness (QED) is 0.468. The molecule has 17 heavy (non-hydrogen) atoms. The fourth-order valence-corrected chi connectivity index (χ4v) is 1.09. The largest absolute Gasteiger partial charge is 0.350 e. The van der Waals surface area contributed by atoms with Gasteiger partial charge in [-0.2, -0.15) is 5.26 Å². The lowest BCUT2D eigenvalue weighted by Gasteiger charge is -2.02. The van der Waals surface area contributed by atoms with Gasteiger partial charge in [0.25, 0.3) is 5.91 Å². The molecule has 0 radical (unpaired) electrons. The van der Waals surface area contributed by atoms with Gasteiger partial charge in [-0.1, -0.05) is 6.07 Å². The minimum atomic E-state index is -0.461. The third kappa shape index (κ3) is 4.53. The second-order valence-electron chi connectivity index (χ2n) is 2.97. The summed E-state index contributed by atoms with van der Waals surface area (Å²) in [6.45, 7) is 0.322. The lowest BCUT2D eigenvalue weighted by atomic mass is 10.3. The Hall–Kier alpha value is -2.06. The first-order chi connectivity index (χ1) is 8.27. The number of nitriles is 1. The average Bonchev–Trinajstić information content (AvgIpc) is 2.38. The van der Waals surface area contributed by atoms with Crippen molar-refractivity contribution in [1.82, 2.24) is 10.3 Å². The molecule has 0 unspecified atom stereocenters. The van der Waals surface area contributed by atoms with Crippen molar-refractivity contribution in [2.24, 2.45) is 0 Å². The summed E-state index contributed by atoms with van der Waals surface area (Å²) in [6, 6.07) is 7.09. The highest BCUT2D eigenvalue weighted by Crippen LogP contribution is 2.01. The molecule has 0 aromatic carbocycles. The van der Waals surface area contributed by atoms with Gasteiger partial charge in [0.2, 0.25) is 0 Å². The highest BCUT2D eigenvalue weighted by Gasteiger charge is 2.07. The number of pyridine rings is 1. The van der Waals surface area contributed by atoms with Crippen molar-refractivity contribution in [3.8, 4) is 6.07 Å². The molecular formula is C11H11ClN4O. The van der Waals surface area contributed by atoms with E-state index >= 15 is 0 Å². The lowest BCUT2D eigenvalue weighted by molar-refractivity contribution is -0.117. The molecule has 0 saturated carbocycles. The maximum atomic E-state index is 11.4. The molecule has 0 saturated heterocycles. The standard InChI is InChI=1S/C11H11ClN4O/c12-4-6-15-11(17)9(7-13)8-16-10-3-1-2-5-14-10/h1-3,5,8H,4,6H2,(H,14,16)(H,15,17)/b9-8-. The van der Waals surface area contributed by atoms with Gasteiger partial charge in [0.15, 0.2) is 0 Å². The Morgan fingerprint density at radius 3 is 3.00 bits per heavy atom. The number of alkyl halides is 1. The molecule has 1 aromatic rings. The monoisotopic (exact) mass is 250 g/mol. The molecule has 6 heteroatoms. The number of carbonyl (C=O) groups is 1. The summed E-state index contributed by atoms with van der Waals surface area (Å²) < 4.78 is 0. The molecule has 0 aliphatic heterocycles. The second-order valence-corrected chi connectivity index (χ2v) is 3.35. The van der Waals surface area contributed by atoms with Crippen LogP contribution in [0.4, 0.5) is 5.82 Å². The van der Waals surface area contributed by atoms with Crippen LogP contribution >= 0.6 is 11.6 Å². The van der Waals surface area contributed by atoms with E-state index in [0.29, 0.717) is 18.2 Å². The normalized spacial score (nSPS) is 10.5. The maximum Gasteiger partial charge on any atom is 0.263 e. The van der Waals surface area contributed by atoms with E-state index in [0.717, 1.165) is 0 Å². The number of nitrogens with zero attached hydrogens (tertiary/aromatic N) is 2. The van der Waals surface area contributed by atoms with E-state index in [1.54, 1.807) is 30.5 Å². The molecule has 0 aliphatic carbocycles. The van der Waals surface area contributed by atoms with E-state index in [1.165, 1.54) is 6.20 Å². The fourth-order valence-electron chi connectivity index (χ4n) is 0.999. The van der Waals surface area contributed by atoms with Crippen molar-refractivity contribution in [3.63, 3.8) is 0 Å². The van der Waals surface area contributed by atoms with Gasteiger partial charge < -0.3 is 10.6 Å². The van der Waals surface area contributed by atoms with Crippen molar-refractivity contribution in [2.75, 3.05) is 17.7 Å². The second kappa shape index (κ2) is 7.25. The van der Waals surface area contributed by atoms with E-state index in [-0.39, 0.29) is 5.57 Å². The van der Waals surface area contributed by atoms with E-state index in [1.807, 2.05) is 0 Å². The Kier molecular flexibility index (Phi) is 5.55. The first kappa shape index (κ1) is 13.0. The summed E-state index contributed by atoms with van der Waals surface area (Å²) in [6.07, 6.45) is 2.92. The van der Waals surface area contributed by atoms with E-state index in [9.17, 15) is 4.79 Å². The number of hydrogen-bond acceptors (Lipinski definition) is 4. The molecule has 1 heterocycles. The topological polar surface area (TPSA) is 77.8 Å². The molecule has 5 nitrogen and oxygen atoms in total. The van der Waals surface area contributed by atoms with Crippen LogP contribution in [0.1, 0.15) is 0 Å². The molecule has 88 valence electrons. The zero-order valence-corrected chi connectivity index (χ0v) is 9.74. The lowest BCUT2D eigenvalue weighted by Crippen LogP contribution is -2.26. The fraction of sp³-hybridized carbons (Fsp3) is 0.182. The molecule has 0 aliphatic rings. The molecule has 2 N–H and O–H groups in total. The molecule has 0 atom stereocenters. The highest BCUT2D eigenvalue weighted by molar-refractivity contribution is 6.18. The van der Waals surface area contributed by atoms with Gasteiger partial charge in [0.1, 0.15) is 17.5 Å². The van der Waals surface area contributed by atoms with Crippen LogP contribution in [0.15, 0.2) is 36.2 Å². The molecule has 0 bridgehead atoms. The van der Waals surface area contributed by atoms with Crippen LogP contribution in [-0.4, -0.2) is 23.3 Å². The van der Waals surface area contributed by atoms with Crippen LogP contribution in [0.3, 0.4) is 0 Å². The minimum Gasteiger partial charge on any atom is -0.350 e. The number of hydrogen-bond donors (Lipinski definition) is 2. The van der Waals surface area contributed by atoms with Gasteiger partial charge in [0.05, 0.1) is 0 Å². The van der Waals surface area contributed by atoms with Crippen molar-refractivity contribution < 1.29 is 4.79 Å². The van der Waals surface area contributed by atoms with E-state index in [4.69, 9.17) is 16.9 Å². The first-order valence-electron chi connectivity index (χ1n) is 4.90. The van der Waals surface area contributed by atoms with Crippen LogP contribution in [0, 0.1) is 11.3 Å². The Balaban J connectivity index is 2.62. The Labute approximate surface area is 104 Å². The molecule has 0 spiro atoms. The third-order valence-corrected chi connectivity index (χ3v) is 1.96. The average molecular weight is 251 g/mol. The minimum absolute atomic E-state index is 0.0271. The van der Waals surface area contributed by atoms with Gasteiger partial charge in [-0.3, -0.25) is 4.79 Å². The van der Waals surface area contributed by atoms with Crippen LogP contribution in [0.5, 0.6) is 0 Å². The number of nitrogens with one attached hydrogen (secondary N) is 2. The molecule has 1 rings (SSSR count). The third-order valence-electron chi connectivity index (χ3n) is 1.77. The van der Waals surface area contributed by atoms with Crippen LogP contribution < -0.4 is 10.6 Å². The molecule has 0 fully saturated rings. The van der Waals surface area contributed by atoms with Gasteiger partial charge in [0, 0.05) is 24.8 Å². The molecular weight excluding hydrogens is 240 g/mol. The summed E-state index contributed by atoms with van der Waals surface area (Å²) in [7, 11) is 0. The molecule has 1 aromatic heterocycles. The maximum absolute atomic E-state index is 11.4. The Bertz CT molecular complexity index is 439. The predicted molar refractivity (Wildman–Crippen MR) is 65.3 cm³/mol. The van der Waals surface area contributed by atoms with Crippen LogP contribution in [-0.2, 0) is 4.79 Å². The Morgan fingerprint density at radius 1 is 1.59 bits per heavy atom. The van der Waals surface area contributed by atoms with Crippen molar-refractivity contribution >= 4 is 23.3 Å². The summed E-state index contributed by atoms with van der Waals surface area (Å²) in [5.74, 6) is 0.403. The van der Waals surface area contributed by atoms with Crippen molar-refractivity contribution in [2.45, 2.75) is 0 Å². The van der Waals surface area contributed by atoms with Gasteiger partial charge in [-0.15, -0.1) is 11.6 Å². The first-order valence-corrected chi connectivity index (χ1v) is 5.43. The number of aromatic nitrogens is 1. The number of carbonyl (C=O) groups excluding carboxylic acids is 1. The summed E-state index contributed by atoms with van der Waals surface area (Å²) in [4.78, 5) is 15.4. The molecule has 1 amide bonds. The number of halogens is 1. The SMILES string of the molecule is N#C/C(=C/Nc1ccccn1)C(=O)NCCCl. The highest BCUT2D eigenvalue weighted by atomic mass is 35.5. The van der Waals surface area contributed by atoms with Crippen LogP contribution in [0.25, 0.3) is 0 Å². The van der Waals surface area contributed by atoms with Gasteiger partial charge in [-0.05, 0) is 12.1 Å². The van der Waals surface area contributed by atoms with E-state index < -0.39 is 5.91 Å². The number of rotatable bonds is 5. The number of anilines is 1. The Morgan fingerprint density at radius 2 is 2.41 bits per heavy atom. The number of amides is 1.